The van der Waals surface area contributed by atoms with Gasteiger partial charge in [-0.05, 0) is 50.9 Å². The summed E-state index contributed by atoms with van der Waals surface area (Å²) in [6.07, 6.45) is 27.2. The van der Waals surface area contributed by atoms with Crippen LogP contribution in [0.15, 0.2) is 12.2 Å². The Labute approximate surface area is 162 Å². The summed E-state index contributed by atoms with van der Waals surface area (Å²) in [5, 5.41) is 9.52. The minimum atomic E-state index is -0.547. The van der Waals surface area contributed by atoms with E-state index in [1.54, 1.807) is 0 Å². The maximum Gasteiger partial charge on any atom is 0.306 e. The predicted octanol–water partition coefficient (Wildman–Crippen LogP) is 7.91. The fraction of sp³-hybridized carbons (Fsp3) is 0.875. The molecule has 0 amide bonds. The Hall–Kier alpha value is -0.790. The summed E-state index contributed by atoms with van der Waals surface area (Å²) in [7, 11) is 0. The third kappa shape index (κ3) is 11.8. The van der Waals surface area contributed by atoms with Crippen LogP contribution in [0.4, 0.5) is 0 Å². The molecule has 1 N–H and O–H groups in total. The van der Waals surface area contributed by atoms with E-state index in [0.717, 1.165) is 25.7 Å². The zero-order valence-electron chi connectivity index (χ0n) is 17.4. The summed E-state index contributed by atoms with van der Waals surface area (Å²) >= 11 is 0. The highest BCUT2D eigenvalue weighted by Gasteiger charge is 2.28. The lowest BCUT2D eigenvalue weighted by Gasteiger charge is -2.27. The number of carboxylic acid groups (broad SMARTS) is 1. The van der Waals surface area contributed by atoms with E-state index in [9.17, 15) is 9.90 Å². The smallest absolute Gasteiger partial charge is 0.306 e. The van der Waals surface area contributed by atoms with Gasteiger partial charge in [-0.15, -0.1) is 0 Å². The lowest BCUT2D eigenvalue weighted by molar-refractivity contribution is -0.144. The molecule has 0 aromatic heterocycles. The number of unbranched alkanes of at least 4 members (excludes halogenated alkanes) is 10. The highest BCUT2D eigenvalue weighted by atomic mass is 16.4. The minimum absolute atomic E-state index is 0.0764. The molecule has 0 aromatic rings. The van der Waals surface area contributed by atoms with Crippen LogP contribution in [0, 0.1) is 11.8 Å². The van der Waals surface area contributed by atoms with Gasteiger partial charge < -0.3 is 5.11 Å². The number of hydrogen-bond donors (Lipinski definition) is 1. The van der Waals surface area contributed by atoms with E-state index in [1.807, 2.05) is 0 Å². The summed E-state index contributed by atoms with van der Waals surface area (Å²) in [6, 6.07) is 0. The molecule has 1 aliphatic carbocycles. The van der Waals surface area contributed by atoms with E-state index in [2.05, 4.69) is 19.1 Å². The SMILES string of the molecule is CCCCCCCCC=CCCCCCCC(C(=O)O)C1CCCCC1. The van der Waals surface area contributed by atoms with Gasteiger partial charge in [-0.2, -0.15) is 0 Å². The Balaban J connectivity index is 1.94. The summed E-state index contributed by atoms with van der Waals surface area (Å²) in [6.45, 7) is 2.27. The minimum Gasteiger partial charge on any atom is -0.481 e. The molecule has 0 bridgehead atoms. The Morgan fingerprint density at radius 2 is 1.38 bits per heavy atom. The normalized spacial score (nSPS) is 17.0. The Morgan fingerprint density at radius 1 is 0.846 bits per heavy atom. The second kappa shape index (κ2) is 16.4. The molecule has 1 saturated carbocycles. The highest BCUT2D eigenvalue weighted by Crippen LogP contribution is 2.33. The van der Waals surface area contributed by atoms with Gasteiger partial charge in [0.05, 0.1) is 5.92 Å². The highest BCUT2D eigenvalue weighted by molar-refractivity contribution is 5.70. The molecule has 1 aliphatic rings. The molecule has 0 saturated heterocycles. The molecule has 0 heterocycles. The van der Waals surface area contributed by atoms with Crippen LogP contribution in [-0.4, -0.2) is 11.1 Å². The van der Waals surface area contributed by atoms with Gasteiger partial charge in [0.15, 0.2) is 0 Å². The van der Waals surface area contributed by atoms with Gasteiger partial charge in [0.1, 0.15) is 0 Å². The van der Waals surface area contributed by atoms with Crippen LogP contribution in [0.3, 0.4) is 0 Å². The van der Waals surface area contributed by atoms with Crippen molar-refractivity contribution in [2.75, 3.05) is 0 Å². The van der Waals surface area contributed by atoms with Crippen molar-refractivity contribution in [1.29, 1.82) is 0 Å². The Morgan fingerprint density at radius 3 is 1.96 bits per heavy atom. The average Bonchev–Trinajstić information content (AvgIpc) is 2.65. The van der Waals surface area contributed by atoms with Crippen LogP contribution in [-0.2, 0) is 4.79 Å². The first-order valence-corrected chi connectivity index (χ1v) is 11.6. The van der Waals surface area contributed by atoms with Crippen LogP contribution in [0.25, 0.3) is 0 Å². The van der Waals surface area contributed by atoms with Crippen molar-refractivity contribution in [3.63, 3.8) is 0 Å². The molecule has 0 spiro atoms. The maximum absolute atomic E-state index is 11.6. The van der Waals surface area contributed by atoms with Crippen molar-refractivity contribution in [2.24, 2.45) is 11.8 Å². The Bertz CT molecular complexity index is 355. The summed E-state index contributed by atoms with van der Waals surface area (Å²) in [5.74, 6) is -0.173. The number of allylic oxidation sites excluding steroid dienone is 2. The predicted molar refractivity (Wildman–Crippen MR) is 113 cm³/mol. The molecular formula is C24H44O2. The number of hydrogen-bond acceptors (Lipinski definition) is 1. The van der Waals surface area contributed by atoms with E-state index in [0.29, 0.717) is 5.92 Å². The van der Waals surface area contributed by atoms with Crippen LogP contribution in [0.2, 0.25) is 0 Å². The van der Waals surface area contributed by atoms with Gasteiger partial charge in [0.25, 0.3) is 0 Å². The fourth-order valence-electron chi connectivity index (χ4n) is 4.36. The van der Waals surface area contributed by atoms with Crippen molar-refractivity contribution >= 4 is 5.97 Å². The third-order valence-electron chi connectivity index (χ3n) is 6.06. The monoisotopic (exact) mass is 364 g/mol. The van der Waals surface area contributed by atoms with Gasteiger partial charge in [0, 0.05) is 0 Å². The molecule has 0 aliphatic heterocycles. The number of rotatable bonds is 16. The van der Waals surface area contributed by atoms with E-state index in [1.165, 1.54) is 89.9 Å². The first-order chi connectivity index (χ1) is 12.8. The van der Waals surface area contributed by atoms with Crippen molar-refractivity contribution in [2.45, 2.75) is 122 Å². The maximum atomic E-state index is 11.6. The molecule has 1 fully saturated rings. The third-order valence-corrected chi connectivity index (χ3v) is 6.06. The average molecular weight is 365 g/mol. The standard InChI is InChI=1S/C24H44O2/c1-2-3-4-5-6-7-8-9-10-11-12-13-14-18-21-23(24(25)26)22-19-16-15-17-20-22/h9-10,22-23H,2-8,11-21H2,1H3,(H,25,26). The Kier molecular flexibility index (Phi) is 14.7. The van der Waals surface area contributed by atoms with Crippen LogP contribution in [0.1, 0.15) is 122 Å². The molecule has 1 rings (SSSR count). The van der Waals surface area contributed by atoms with Crippen molar-refractivity contribution in [3.8, 4) is 0 Å². The first-order valence-electron chi connectivity index (χ1n) is 11.6. The van der Waals surface area contributed by atoms with Crippen LogP contribution >= 0.6 is 0 Å². The second-order valence-corrected chi connectivity index (χ2v) is 8.36. The summed E-state index contributed by atoms with van der Waals surface area (Å²) in [4.78, 5) is 11.6. The fourth-order valence-corrected chi connectivity index (χ4v) is 4.36. The molecule has 152 valence electrons. The van der Waals surface area contributed by atoms with Gasteiger partial charge >= 0.3 is 5.97 Å². The molecular weight excluding hydrogens is 320 g/mol. The van der Waals surface area contributed by atoms with Gasteiger partial charge in [-0.1, -0.05) is 89.7 Å². The molecule has 1 unspecified atom stereocenters. The van der Waals surface area contributed by atoms with Crippen molar-refractivity contribution < 1.29 is 9.90 Å². The number of aliphatic carboxylic acids is 1. The number of carboxylic acids is 1. The molecule has 2 nitrogen and oxygen atoms in total. The van der Waals surface area contributed by atoms with E-state index < -0.39 is 5.97 Å². The second-order valence-electron chi connectivity index (χ2n) is 8.36. The molecule has 0 radical (unpaired) electrons. The quantitative estimate of drug-likeness (QED) is 0.223. The van der Waals surface area contributed by atoms with E-state index >= 15 is 0 Å². The molecule has 1 atom stereocenters. The van der Waals surface area contributed by atoms with Crippen LogP contribution in [0.5, 0.6) is 0 Å². The lowest BCUT2D eigenvalue weighted by atomic mass is 9.78. The van der Waals surface area contributed by atoms with Gasteiger partial charge in [-0.25, -0.2) is 0 Å². The van der Waals surface area contributed by atoms with Crippen molar-refractivity contribution in [1.82, 2.24) is 0 Å². The molecule has 26 heavy (non-hydrogen) atoms. The van der Waals surface area contributed by atoms with Gasteiger partial charge in [-0.3, -0.25) is 4.79 Å². The molecule has 0 aromatic carbocycles. The summed E-state index contributed by atoms with van der Waals surface area (Å²) in [5.41, 5.74) is 0. The topological polar surface area (TPSA) is 37.3 Å². The van der Waals surface area contributed by atoms with E-state index in [4.69, 9.17) is 0 Å². The molecule has 2 heteroatoms. The first kappa shape index (κ1) is 23.2. The zero-order valence-corrected chi connectivity index (χ0v) is 17.4. The zero-order chi connectivity index (χ0) is 18.9. The lowest BCUT2D eigenvalue weighted by Crippen LogP contribution is -2.25. The largest absolute Gasteiger partial charge is 0.481 e. The van der Waals surface area contributed by atoms with Gasteiger partial charge in [0.2, 0.25) is 0 Å². The summed E-state index contributed by atoms with van der Waals surface area (Å²) < 4.78 is 0. The van der Waals surface area contributed by atoms with E-state index in [-0.39, 0.29) is 5.92 Å². The number of carbonyl (C=O) groups is 1. The van der Waals surface area contributed by atoms with Crippen molar-refractivity contribution in [3.05, 3.63) is 12.2 Å². The van der Waals surface area contributed by atoms with Crippen LogP contribution < -0.4 is 0 Å².